The molecular formula is C41H73NO5S. The predicted octanol–water partition coefficient (Wildman–Crippen LogP) is 11.3. The molecule has 0 aromatic heterocycles. The number of aliphatic hydroxyl groups is 1. The van der Waals surface area contributed by atoms with Gasteiger partial charge in [-0.2, -0.15) is 8.42 Å². The van der Waals surface area contributed by atoms with Crippen LogP contribution in [0.4, 0.5) is 0 Å². The zero-order valence-electron chi connectivity index (χ0n) is 30.8. The molecule has 0 saturated heterocycles. The molecule has 0 saturated carbocycles. The van der Waals surface area contributed by atoms with Gasteiger partial charge in [0.15, 0.2) is 0 Å². The van der Waals surface area contributed by atoms with Crippen molar-refractivity contribution in [2.45, 2.75) is 187 Å². The van der Waals surface area contributed by atoms with Crippen LogP contribution in [0.2, 0.25) is 0 Å². The highest BCUT2D eigenvalue weighted by atomic mass is 32.2. The Morgan fingerprint density at radius 3 is 1.50 bits per heavy atom. The summed E-state index contributed by atoms with van der Waals surface area (Å²) >= 11 is 0. The fourth-order valence-corrected chi connectivity index (χ4v) is 6.20. The van der Waals surface area contributed by atoms with Gasteiger partial charge in [0.25, 0.3) is 10.1 Å². The molecule has 1 amide bonds. The lowest BCUT2D eigenvalue weighted by molar-refractivity contribution is -0.122. The van der Waals surface area contributed by atoms with E-state index in [-0.39, 0.29) is 12.3 Å². The molecule has 278 valence electrons. The molecule has 0 aliphatic heterocycles. The van der Waals surface area contributed by atoms with E-state index < -0.39 is 28.0 Å². The van der Waals surface area contributed by atoms with Gasteiger partial charge in [0.2, 0.25) is 5.91 Å². The molecule has 0 spiro atoms. The summed E-state index contributed by atoms with van der Waals surface area (Å²) in [5, 5.41) is 13.2. The molecule has 0 aliphatic rings. The Kier molecular flexibility index (Phi) is 33.5. The number of amides is 1. The van der Waals surface area contributed by atoms with Crippen LogP contribution in [0.5, 0.6) is 0 Å². The van der Waals surface area contributed by atoms with Crippen molar-refractivity contribution in [1.29, 1.82) is 0 Å². The van der Waals surface area contributed by atoms with Crippen LogP contribution in [-0.4, -0.2) is 41.9 Å². The van der Waals surface area contributed by atoms with E-state index in [2.05, 4.69) is 67.8 Å². The second-order valence-electron chi connectivity index (χ2n) is 13.2. The molecule has 7 heteroatoms. The van der Waals surface area contributed by atoms with Crippen LogP contribution in [0.25, 0.3) is 0 Å². The van der Waals surface area contributed by atoms with Crippen LogP contribution < -0.4 is 5.32 Å². The fraction of sp³-hybridized carbons (Fsp3) is 0.732. The number of nitrogens with one attached hydrogen (secondary N) is 1. The van der Waals surface area contributed by atoms with E-state index in [1.165, 1.54) is 96.0 Å². The van der Waals surface area contributed by atoms with Gasteiger partial charge in [-0.25, -0.2) is 0 Å². The van der Waals surface area contributed by atoms with Gasteiger partial charge in [-0.3, -0.25) is 9.35 Å². The number of carbonyl (C=O) groups excluding carboxylic acids is 1. The second-order valence-corrected chi connectivity index (χ2v) is 14.7. The number of aliphatic hydroxyl groups excluding tert-OH is 1. The van der Waals surface area contributed by atoms with Crippen molar-refractivity contribution in [2.75, 3.05) is 5.75 Å². The Morgan fingerprint density at radius 1 is 0.562 bits per heavy atom. The van der Waals surface area contributed by atoms with Crippen LogP contribution in [0.3, 0.4) is 0 Å². The van der Waals surface area contributed by atoms with E-state index in [0.717, 1.165) is 51.4 Å². The highest BCUT2D eigenvalue weighted by Crippen LogP contribution is 2.12. The molecule has 6 nitrogen and oxygen atoms in total. The lowest BCUT2D eigenvalue weighted by Gasteiger charge is -2.21. The SMILES string of the molecule is CCCCC/C=C\C/C=C\C/C=C\CCCCCCCCC(=O)NC(CS(=O)(=O)O)C(O)/C=C/CC/C=C/CCCCCCCCCC. The number of hydrogen-bond acceptors (Lipinski definition) is 4. The molecular weight excluding hydrogens is 619 g/mol. The van der Waals surface area contributed by atoms with Crippen molar-refractivity contribution >= 4 is 16.0 Å². The largest absolute Gasteiger partial charge is 0.387 e. The quantitative estimate of drug-likeness (QED) is 0.0354. The third-order valence-corrected chi connectivity index (χ3v) is 9.20. The standard InChI is InChI=1S/C41H73NO5S/c1-3-5-7-9-11-13-15-17-19-20-21-22-23-25-27-29-31-33-35-37-41(44)42-39(38-48(45,46)47)40(43)36-34-32-30-28-26-24-18-16-14-12-10-8-6-4-2/h11,13,17,19,21-22,26,28,34,36,39-40,43H,3-10,12,14-16,18,20,23-25,27,29-33,35,37-38H2,1-2H3,(H,42,44)(H,45,46,47)/b13-11-,19-17-,22-21-,28-26+,36-34+. The van der Waals surface area contributed by atoms with E-state index in [9.17, 15) is 22.9 Å². The maximum absolute atomic E-state index is 12.5. The van der Waals surface area contributed by atoms with Crippen molar-refractivity contribution in [3.63, 3.8) is 0 Å². The van der Waals surface area contributed by atoms with Crippen LogP contribution in [0, 0.1) is 0 Å². The summed E-state index contributed by atoms with van der Waals surface area (Å²) in [6.07, 6.45) is 47.7. The summed E-state index contributed by atoms with van der Waals surface area (Å²) in [5.74, 6) is -1.02. The number of hydrogen-bond donors (Lipinski definition) is 3. The first-order valence-corrected chi connectivity index (χ1v) is 21.1. The average molecular weight is 692 g/mol. The summed E-state index contributed by atoms with van der Waals surface area (Å²) in [4.78, 5) is 12.5. The highest BCUT2D eigenvalue weighted by molar-refractivity contribution is 7.85. The lowest BCUT2D eigenvalue weighted by Crippen LogP contribution is -2.46. The average Bonchev–Trinajstić information content (AvgIpc) is 3.05. The zero-order valence-corrected chi connectivity index (χ0v) is 31.7. The van der Waals surface area contributed by atoms with Gasteiger partial charge >= 0.3 is 0 Å². The molecule has 0 rings (SSSR count). The molecule has 48 heavy (non-hydrogen) atoms. The summed E-state index contributed by atoms with van der Waals surface area (Å²) < 4.78 is 32.4. The third kappa shape index (κ3) is 35.3. The molecule has 2 atom stereocenters. The van der Waals surface area contributed by atoms with Crippen LogP contribution >= 0.6 is 0 Å². The normalized spacial score (nSPS) is 14.0. The first-order valence-electron chi connectivity index (χ1n) is 19.5. The number of unbranched alkanes of at least 4 members (excludes halogenated alkanes) is 18. The van der Waals surface area contributed by atoms with Gasteiger partial charge in [-0.05, 0) is 70.6 Å². The van der Waals surface area contributed by atoms with Crippen molar-refractivity contribution in [1.82, 2.24) is 5.32 Å². The van der Waals surface area contributed by atoms with E-state index in [1.807, 2.05) is 0 Å². The van der Waals surface area contributed by atoms with Crippen molar-refractivity contribution < 1.29 is 22.9 Å². The minimum atomic E-state index is -4.36. The highest BCUT2D eigenvalue weighted by Gasteiger charge is 2.24. The summed E-state index contributed by atoms with van der Waals surface area (Å²) in [5.41, 5.74) is 0. The topological polar surface area (TPSA) is 104 Å². The Morgan fingerprint density at radius 2 is 0.958 bits per heavy atom. The van der Waals surface area contributed by atoms with Crippen LogP contribution in [0.15, 0.2) is 60.8 Å². The van der Waals surface area contributed by atoms with Crippen molar-refractivity contribution in [3.8, 4) is 0 Å². The summed E-state index contributed by atoms with van der Waals surface area (Å²) in [7, 11) is -4.36. The molecule has 0 aromatic rings. The molecule has 2 unspecified atom stereocenters. The first kappa shape index (κ1) is 46.0. The van der Waals surface area contributed by atoms with Gasteiger partial charge in [-0.1, -0.05) is 158 Å². The molecule has 3 N–H and O–H groups in total. The van der Waals surface area contributed by atoms with Gasteiger partial charge < -0.3 is 10.4 Å². The molecule has 0 aliphatic carbocycles. The maximum Gasteiger partial charge on any atom is 0.267 e. The Hall–Kier alpha value is -1.96. The predicted molar refractivity (Wildman–Crippen MR) is 207 cm³/mol. The number of rotatable bonds is 34. The fourth-order valence-electron chi connectivity index (χ4n) is 5.47. The Labute approximate surface area is 296 Å². The molecule has 0 bridgehead atoms. The minimum absolute atomic E-state index is 0.271. The number of allylic oxidation sites excluding steroid dienone is 9. The Balaban J connectivity index is 4.04. The van der Waals surface area contributed by atoms with Crippen molar-refractivity contribution in [3.05, 3.63) is 60.8 Å². The van der Waals surface area contributed by atoms with Crippen molar-refractivity contribution in [2.24, 2.45) is 0 Å². The smallest absolute Gasteiger partial charge is 0.267 e. The van der Waals surface area contributed by atoms with Gasteiger partial charge in [-0.15, -0.1) is 0 Å². The van der Waals surface area contributed by atoms with E-state index in [0.29, 0.717) is 12.8 Å². The lowest BCUT2D eigenvalue weighted by atomic mass is 10.1. The third-order valence-electron chi connectivity index (χ3n) is 8.42. The molecule has 0 fully saturated rings. The summed E-state index contributed by atoms with van der Waals surface area (Å²) in [6.45, 7) is 4.47. The zero-order chi connectivity index (χ0) is 35.4. The summed E-state index contributed by atoms with van der Waals surface area (Å²) in [6, 6.07) is -1.08. The van der Waals surface area contributed by atoms with Gasteiger partial charge in [0.1, 0.15) is 0 Å². The van der Waals surface area contributed by atoms with Gasteiger partial charge in [0.05, 0.1) is 17.9 Å². The second kappa shape index (κ2) is 34.9. The van der Waals surface area contributed by atoms with Gasteiger partial charge in [0, 0.05) is 6.42 Å². The first-order chi connectivity index (χ1) is 23.3. The van der Waals surface area contributed by atoms with E-state index >= 15 is 0 Å². The molecule has 0 aromatic carbocycles. The van der Waals surface area contributed by atoms with E-state index in [1.54, 1.807) is 6.08 Å². The minimum Gasteiger partial charge on any atom is -0.387 e. The monoisotopic (exact) mass is 692 g/mol. The molecule has 0 radical (unpaired) electrons. The van der Waals surface area contributed by atoms with E-state index in [4.69, 9.17) is 0 Å². The molecule has 0 heterocycles. The van der Waals surface area contributed by atoms with Crippen LogP contribution in [-0.2, 0) is 14.9 Å². The van der Waals surface area contributed by atoms with Crippen LogP contribution in [0.1, 0.15) is 174 Å². The Bertz CT molecular complexity index is 983. The maximum atomic E-state index is 12.5. The number of carbonyl (C=O) groups is 1.